The van der Waals surface area contributed by atoms with Crippen LogP contribution in [0, 0.1) is 5.92 Å². The molecular formula is C12H15NO2S2. The van der Waals surface area contributed by atoms with Gasteiger partial charge in [0, 0.05) is 6.26 Å². The summed E-state index contributed by atoms with van der Waals surface area (Å²) >= 11 is 1.23. The van der Waals surface area contributed by atoms with Crippen LogP contribution in [0.15, 0.2) is 22.5 Å². The summed E-state index contributed by atoms with van der Waals surface area (Å²) in [5.41, 5.74) is 1.99. The quantitative estimate of drug-likeness (QED) is 0.860. The van der Waals surface area contributed by atoms with Crippen LogP contribution < -0.4 is 0 Å². The molecule has 0 fully saturated rings. The van der Waals surface area contributed by atoms with Crippen LogP contribution in [-0.4, -0.2) is 19.7 Å². The highest BCUT2D eigenvalue weighted by atomic mass is 32.2. The molecule has 5 heteroatoms. The Morgan fingerprint density at radius 2 is 2.06 bits per heavy atom. The minimum atomic E-state index is -3.19. The van der Waals surface area contributed by atoms with Crippen LogP contribution in [0.5, 0.6) is 0 Å². The lowest BCUT2D eigenvalue weighted by Gasteiger charge is -2.03. The van der Waals surface area contributed by atoms with Gasteiger partial charge in [-0.15, -0.1) is 11.3 Å². The molecule has 0 amide bonds. The van der Waals surface area contributed by atoms with E-state index < -0.39 is 9.84 Å². The van der Waals surface area contributed by atoms with Gasteiger partial charge in [-0.2, -0.15) is 0 Å². The van der Waals surface area contributed by atoms with E-state index in [1.54, 1.807) is 0 Å². The SMILES string of the molecule is CC(C)Cc1ccc2sc(S(C)(=O)=O)nc2c1. The van der Waals surface area contributed by atoms with Crippen LogP contribution in [0.4, 0.5) is 0 Å². The van der Waals surface area contributed by atoms with Crippen molar-refractivity contribution in [3.63, 3.8) is 0 Å². The number of rotatable bonds is 3. The number of fused-ring (bicyclic) bond motifs is 1. The summed E-state index contributed by atoms with van der Waals surface area (Å²) in [7, 11) is -3.19. The predicted octanol–water partition coefficient (Wildman–Crippen LogP) is 2.90. The summed E-state index contributed by atoms with van der Waals surface area (Å²) in [4.78, 5) is 4.18. The second-order valence-electron chi connectivity index (χ2n) is 4.65. The Hall–Kier alpha value is -0.940. The Morgan fingerprint density at radius 1 is 1.35 bits per heavy atom. The number of aromatic nitrogens is 1. The summed E-state index contributed by atoms with van der Waals surface area (Å²) in [6.45, 7) is 4.32. The highest BCUT2D eigenvalue weighted by Crippen LogP contribution is 2.26. The zero-order valence-corrected chi connectivity index (χ0v) is 11.7. The van der Waals surface area contributed by atoms with E-state index in [1.807, 2.05) is 18.2 Å². The van der Waals surface area contributed by atoms with Crippen molar-refractivity contribution in [2.45, 2.75) is 24.6 Å². The smallest absolute Gasteiger partial charge is 0.210 e. The first-order chi connectivity index (χ1) is 7.86. The average Bonchev–Trinajstić information content (AvgIpc) is 2.58. The molecule has 2 aromatic rings. The second-order valence-corrected chi connectivity index (χ2v) is 7.87. The molecule has 0 unspecified atom stereocenters. The topological polar surface area (TPSA) is 47.0 Å². The van der Waals surface area contributed by atoms with E-state index in [9.17, 15) is 8.42 Å². The third-order valence-corrected chi connectivity index (χ3v) is 5.11. The van der Waals surface area contributed by atoms with Crippen molar-refractivity contribution in [1.29, 1.82) is 0 Å². The average molecular weight is 269 g/mol. The summed E-state index contributed by atoms with van der Waals surface area (Å²) < 4.78 is 24.0. The Labute approximate surface area is 105 Å². The van der Waals surface area contributed by atoms with Crippen LogP contribution in [-0.2, 0) is 16.3 Å². The third kappa shape index (κ3) is 2.84. The van der Waals surface area contributed by atoms with Gasteiger partial charge in [-0.05, 0) is 30.0 Å². The zero-order valence-electron chi connectivity index (χ0n) is 10.1. The molecule has 3 nitrogen and oxygen atoms in total. The molecule has 0 aliphatic carbocycles. The van der Waals surface area contributed by atoms with Gasteiger partial charge in [0.05, 0.1) is 10.2 Å². The fourth-order valence-electron chi connectivity index (χ4n) is 1.71. The molecule has 0 bridgehead atoms. The normalized spacial score (nSPS) is 12.5. The molecule has 0 aliphatic rings. The van der Waals surface area contributed by atoms with Gasteiger partial charge in [0.25, 0.3) is 0 Å². The Morgan fingerprint density at radius 3 is 2.65 bits per heavy atom. The van der Waals surface area contributed by atoms with Crippen molar-refractivity contribution in [3.05, 3.63) is 23.8 Å². The highest BCUT2D eigenvalue weighted by molar-refractivity contribution is 7.92. The molecule has 0 atom stereocenters. The van der Waals surface area contributed by atoms with Crippen molar-refractivity contribution < 1.29 is 8.42 Å². The number of sulfone groups is 1. The number of benzene rings is 1. The maximum absolute atomic E-state index is 11.4. The number of nitrogens with zero attached hydrogens (tertiary/aromatic N) is 1. The lowest BCUT2D eigenvalue weighted by atomic mass is 10.0. The standard InChI is InChI=1S/C12H15NO2S2/c1-8(2)6-9-4-5-11-10(7-9)13-12(16-11)17(3,14)15/h4-5,7-8H,6H2,1-3H3. The third-order valence-electron chi connectivity index (χ3n) is 2.39. The van der Waals surface area contributed by atoms with E-state index in [0.29, 0.717) is 5.92 Å². The van der Waals surface area contributed by atoms with Gasteiger partial charge in [-0.3, -0.25) is 0 Å². The summed E-state index contributed by atoms with van der Waals surface area (Å²) in [6, 6.07) is 5.99. The maximum Gasteiger partial charge on any atom is 0.210 e. The molecule has 0 aliphatic heterocycles. The molecule has 0 saturated carbocycles. The zero-order chi connectivity index (χ0) is 12.6. The lowest BCUT2D eigenvalue weighted by Crippen LogP contribution is -1.95. The fraction of sp³-hybridized carbons (Fsp3) is 0.417. The molecule has 0 N–H and O–H groups in total. The predicted molar refractivity (Wildman–Crippen MR) is 71.3 cm³/mol. The summed E-state index contributed by atoms with van der Waals surface area (Å²) in [5, 5.41) is 0. The minimum Gasteiger partial charge on any atom is -0.225 e. The van der Waals surface area contributed by atoms with Crippen LogP contribution >= 0.6 is 11.3 Å². The number of hydrogen-bond acceptors (Lipinski definition) is 4. The van der Waals surface area contributed by atoms with Crippen LogP contribution in [0.2, 0.25) is 0 Å². The van der Waals surface area contributed by atoms with Crippen LogP contribution in [0.25, 0.3) is 10.2 Å². The van der Waals surface area contributed by atoms with E-state index in [0.717, 1.165) is 16.6 Å². The highest BCUT2D eigenvalue weighted by Gasteiger charge is 2.13. The first-order valence-electron chi connectivity index (χ1n) is 5.46. The first kappa shape index (κ1) is 12.5. The molecule has 0 spiro atoms. The second kappa shape index (κ2) is 4.38. The lowest BCUT2D eigenvalue weighted by molar-refractivity contribution is 0.601. The molecule has 0 radical (unpaired) electrons. The largest absolute Gasteiger partial charge is 0.225 e. The number of hydrogen-bond donors (Lipinski definition) is 0. The van der Waals surface area contributed by atoms with Crippen molar-refractivity contribution in [3.8, 4) is 0 Å². The van der Waals surface area contributed by atoms with E-state index in [2.05, 4.69) is 18.8 Å². The Kier molecular flexibility index (Phi) is 3.23. The van der Waals surface area contributed by atoms with Crippen molar-refractivity contribution >= 4 is 31.4 Å². The van der Waals surface area contributed by atoms with Gasteiger partial charge in [0.15, 0.2) is 0 Å². The van der Waals surface area contributed by atoms with E-state index >= 15 is 0 Å². The Bertz CT molecular complexity index is 642. The van der Waals surface area contributed by atoms with Crippen molar-refractivity contribution in [2.75, 3.05) is 6.26 Å². The molecule has 1 heterocycles. The Balaban J connectivity index is 2.48. The molecule has 1 aromatic carbocycles. The fourth-order valence-corrected chi connectivity index (χ4v) is 3.53. The van der Waals surface area contributed by atoms with Gasteiger partial charge >= 0.3 is 0 Å². The van der Waals surface area contributed by atoms with E-state index in [1.165, 1.54) is 23.2 Å². The summed E-state index contributed by atoms with van der Waals surface area (Å²) in [5.74, 6) is 0.584. The molecule has 92 valence electrons. The summed E-state index contributed by atoms with van der Waals surface area (Å²) in [6.07, 6.45) is 2.18. The van der Waals surface area contributed by atoms with Gasteiger partial charge in [0.2, 0.25) is 14.2 Å². The molecule has 1 aromatic heterocycles. The van der Waals surface area contributed by atoms with E-state index in [4.69, 9.17) is 0 Å². The molecule has 2 rings (SSSR count). The minimum absolute atomic E-state index is 0.203. The molecule has 0 saturated heterocycles. The van der Waals surface area contributed by atoms with Gasteiger partial charge in [0.1, 0.15) is 0 Å². The molecule has 17 heavy (non-hydrogen) atoms. The first-order valence-corrected chi connectivity index (χ1v) is 8.16. The van der Waals surface area contributed by atoms with Gasteiger partial charge in [-0.1, -0.05) is 19.9 Å². The monoisotopic (exact) mass is 269 g/mol. The molecular weight excluding hydrogens is 254 g/mol. The van der Waals surface area contributed by atoms with E-state index in [-0.39, 0.29) is 4.34 Å². The van der Waals surface area contributed by atoms with Gasteiger partial charge < -0.3 is 0 Å². The number of thiazole rings is 1. The van der Waals surface area contributed by atoms with Gasteiger partial charge in [-0.25, -0.2) is 13.4 Å². The van der Waals surface area contributed by atoms with Crippen molar-refractivity contribution in [2.24, 2.45) is 5.92 Å². The van der Waals surface area contributed by atoms with Crippen LogP contribution in [0.3, 0.4) is 0 Å². The van der Waals surface area contributed by atoms with Crippen molar-refractivity contribution in [1.82, 2.24) is 4.98 Å². The maximum atomic E-state index is 11.4. The van der Waals surface area contributed by atoms with Crippen LogP contribution in [0.1, 0.15) is 19.4 Å².